The van der Waals surface area contributed by atoms with Crippen molar-refractivity contribution >= 4 is 22.8 Å². The number of carbonyl (C=O) groups is 2. The first-order valence-electron chi connectivity index (χ1n) is 9.75. The molecule has 1 aromatic carbocycles. The second-order valence-electron chi connectivity index (χ2n) is 8.04. The van der Waals surface area contributed by atoms with Crippen molar-refractivity contribution in [2.24, 2.45) is 5.92 Å². The topological polar surface area (TPSA) is 91.7 Å². The quantitative estimate of drug-likeness (QED) is 0.835. The van der Waals surface area contributed by atoms with Gasteiger partial charge in [-0.05, 0) is 45.4 Å². The van der Waals surface area contributed by atoms with Crippen LogP contribution >= 0.6 is 0 Å². The molecular formula is C21H25N3O4. The molecule has 148 valence electrons. The average molecular weight is 383 g/mol. The van der Waals surface area contributed by atoms with Gasteiger partial charge in [0.05, 0.1) is 11.3 Å². The summed E-state index contributed by atoms with van der Waals surface area (Å²) in [5.41, 5.74) is 0.163. The SMILES string of the molecule is C[C@@H]1C[C@H](C(=O)NC2CC(NC(=O)c3cc(=O)c4ccccc4o3)C2)CN1C. The number of nitrogens with zero attached hydrogens (tertiary/aromatic N) is 1. The lowest BCUT2D eigenvalue weighted by atomic mass is 9.86. The molecule has 1 aromatic heterocycles. The Balaban J connectivity index is 1.29. The number of fused-ring (bicyclic) bond motifs is 1. The molecule has 2 atom stereocenters. The Bertz CT molecular complexity index is 954. The van der Waals surface area contributed by atoms with Gasteiger partial charge in [0.15, 0.2) is 11.2 Å². The fourth-order valence-corrected chi connectivity index (χ4v) is 4.03. The molecular weight excluding hydrogens is 358 g/mol. The summed E-state index contributed by atoms with van der Waals surface area (Å²) in [6.45, 7) is 2.92. The average Bonchev–Trinajstić information content (AvgIpc) is 2.98. The van der Waals surface area contributed by atoms with Gasteiger partial charge in [-0.3, -0.25) is 14.4 Å². The van der Waals surface area contributed by atoms with E-state index in [0.29, 0.717) is 29.9 Å². The minimum atomic E-state index is -0.399. The van der Waals surface area contributed by atoms with E-state index in [1.54, 1.807) is 24.3 Å². The van der Waals surface area contributed by atoms with E-state index in [0.717, 1.165) is 13.0 Å². The van der Waals surface area contributed by atoms with Crippen LogP contribution in [-0.4, -0.2) is 48.4 Å². The number of hydrogen-bond acceptors (Lipinski definition) is 5. The van der Waals surface area contributed by atoms with E-state index in [-0.39, 0.29) is 35.1 Å². The summed E-state index contributed by atoms with van der Waals surface area (Å²) < 4.78 is 5.57. The maximum absolute atomic E-state index is 12.4. The highest BCUT2D eigenvalue weighted by molar-refractivity contribution is 5.93. The first kappa shape index (κ1) is 18.7. The van der Waals surface area contributed by atoms with Gasteiger partial charge in [0.25, 0.3) is 5.91 Å². The van der Waals surface area contributed by atoms with Crippen molar-refractivity contribution in [1.82, 2.24) is 15.5 Å². The summed E-state index contributed by atoms with van der Waals surface area (Å²) >= 11 is 0. The van der Waals surface area contributed by atoms with Crippen molar-refractivity contribution in [3.8, 4) is 0 Å². The number of benzene rings is 1. The van der Waals surface area contributed by atoms with Crippen LogP contribution in [0.4, 0.5) is 0 Å². The van der Waals surface area contributed by atoms with Crippen LogP contribution in [0.5, 0.6) is 0 Å². The van der Waals surface area contributed by atoms with E-state index >= 15 is 0 Å². The van der Waals surface area contributed by atoms with E-state index in [1.165, 1.54) is 6.07 Å². The van der Waals surface area contributed by atoms with Gasteiger partial charge in [0.1, 0.15) is 5.58 Å². The number of hydrogen-bond donors (Lipinski definition) is 2. The van der Waals surface area contributed by atoms with Crippen LogP contribution < -0.4 is 16.1 Å². The molecule has 1 aliphatic carbocycles. The van der Waals surface area contributed by atoms with E-state index in [4.69, 9.17) is 4.42 Å². The first-order valence-corrected chi connectivity index (χ1v) is 9.75. The summed E-state index contributed by atoms with van der Waals surface area (Å²) in [6, 6.07) is 8.58. The minimum Gasteiger partial charge on any atom is -0.451 e. The van der Waals surface area contributed by atoms with Crippen molar-refractivity contribution < 1.29 is 14.0 Å². The van der Waals surface area contributed by atoms with Crippen molar-refractivity contribution in [1.29, 1.82) is 0 Å². The number of nitrogens with one attached hydrogen (secondary N) is 2. The molecule has 1 aliphatic heterocycles. The number of rotatable bonds is 4. The monoisotopic (exact) mass is 383 g/mol. The van der Waals surface area contributed by atoms with Crippen molar-refractivity contribution in [3.05, 3.63) is 46.3 Å². The van der Waals surface area contributed by atoms with Gasteiger partial charge >= 0.3 is 0 Å². The fourth-order valence-electron chi connectivity index (χ4n) is 4.03. The highest BCUT2D eigenvalue weighted by atomic mass is 16.3. The normalized spacial score (nSPS) is 27.4. The molecule has 7 heteroatoms. The summed E-state index contributed by atoms with van der Waals surface area (Å²) in [5, 5.41) is 6.42. The first-order chi connectivity index (χ1) is 13.4. The van der Waals surface area contributed by atoms with Crippen LogP contribution in [-0.2, 0) is 4.79 Å². The van der Waals surface area contributed by atoms with E-state index in [1.807, 2.05) is 7.05 Å². The number of para-hydroxylation sites is 1. The number of likely N-dealkylation sites (tertiary alicyclic amines) is 1. The van der Waals surface area contributed by atoms with Crippen molar-refractivity contribution in [2.45, 2.75) is 44.3 Å². The number of amides is 2. The predicted octanol–water partition coefficient (Wildman–Crippen LogP) is 1.51. The zero-order valence-corrected chi connectivity index (χ0v) is 16.1. The van der Waals surface area contributed by atoms with Crippen LogP contribution in [0.15, 0.2) is 39.5 Å². The molecule has 4 rings (SSSR count). The van der Waals surface area contributed by atoms with Gasteiger partial charge < -0.3 is 20.0 Å². The fraction of sp³-hybridized carbons (Fsp3) is 0.476. The molecule has 0 spiro atoms. The Hall–Kier alpha value is -2.67. The molecule has 2 N–H and O–H groups in total. The molecule has 2 amide bonds. The molecule has 2 aromatic rings. The summed E-state index contributed by atoms with van der Waals surface area (Å²) in [7, 11) is 2.04. The summed E-state index contributed by atoms with van der Waals surface area (Å²) in [4.78, 5) is 39.1. The molecule has 0 bridgehead atoms. The Morgan fingerprint density at radius 1 is 1.11 bits per heavy atom. The Kier molecular flexibility index (Phi) is 4.93. The van der Waals surface area contributed by atoms with Gasteiger partial charge in [0, 0.05) is 30.7 Å². The summed E-state index contributed by atoms with van der Waals surface area (Å²) in [5.74, 6) is -0.241. The third-order valence-corrected chi connectivity index (χ3v) is 5.94. The Labute approximate surface area is 163 Å². The van der Waals surface area contributed by atoms with Crippen LogP contribution in [0.1, 0.15) is 36.7 Å². The molecule has 2 aliphatic rings. The van der Waals surface area contributed by atoms with Crippen LogP contribution in [0.3, 0.4) is 0 Å². The van der Waals surface area contributed by atoms with Gasteiger partial charge in [-0.25, -0.2) is 0 Å². The molecule has 2 fully saturated rings. The zero-order chi connectivity index (χ0) is 19.8. The smallest absolute Gasteiger partial charge is 0.287 e. The highest BCUT2D eigenvalue weighted by Gasteiger charge is 2.36. The van der Waals surface area contributed by atoms with Gasteiger partial charge in [0.2, 0.25) is 5.91 Å². The summed E-state index contributed by atoms with van der Waals surface area (Å²) in [6.07, 6.45) is 2.26. The van der Waals surface area contributed by atoms with Crippen molar-refractivity contribution in [2.75, 3.05) is 13.6 Å². The van der Waals surface area contributed by atoms with Gasteiger partial charge in [-0.2, -0.15) is 0 Å². The lowest BCUT2D eigenvalue weighted by Gasteiger charge is -2.36. The van der Waals surface area contributed by atoms with Crippen LogP contribution in [0.2, 0.25) is 0 Å². The molecule has 1 saturated heterocycles. The van der Waals surface area contributed by atoms with E-state index in [9.17, 15) is 14.4 Å². The second-order valence-corrected chi connectivity index (χ2v) is 8.04. The second kappa shape index (κ2) is 7.39. The molecule has 28 heavy (non-hydrogen) atoms. The standard InChI is InChI=1S/C21H25N3O4/c1-12-7-13(11-24(12)2)20(26)22-14-8-15(9-14)23-21(27)19-10-17(25)16-5-3-4-6-18(16)28-19/h3-6,10,12-15H,7-9,11H2,1-2H3,(H,22,26)(H,23,27)/t12-,13+,14?,15?/m1/s1. The van der Waals surface area contributed by atoms with E-state index < -0.39 is 5.91 Å². The van der Waals surface area contributed by atoms with Crippen molar-refractivity contribution in [3.63, 3.8) is 0 Å². The molecule has 7 nitrogen and oxygen atoms in total. The maximum atomic E-state index is 12.4. The number of carbonyl (C=O) groups excluding carboxylic acids is 2. The largest absolute Gasteiger partial charge is 0.451 e. The van der Waals surface area contributed by atoms with Gasteiger partial charge in [-0.15, -0.1) is 0 Å². The van der Waals surface area contributed by atoms with Crippen LogP contribution in [0, 0.1) is 5.92 Å². The molecule has 0 unspecified atom stereocenters. The van der Waals surface area contributed by atoms with Crippen LogP contribution in [0.25, 0.3) is 11.0 Å². The molecule has 0 radical (unpaired) electrons. The minimum absolute atomic E-state index is 0.0131. The maximum Gasteiger partial charge on any atom is 0.287 e. The molecule has 2 heterocycles. The third kappa shape index (κ3) is 3.67. The third-order valence-electron chi connectivity index (χ3n) is 5.94. The lowest BCUT2D eigenvalue weighted by Crippen LogP contribution is -2.54. The highest BCUT2D eigenvalue weighted by Crippen LogP contribution is 2.25. The van der Waals surface area contributed by atoms with E-state index in [2.05, 4.69) is 22.5 Å². The zero-order valence-electron chi connectivity index (χ0n) is 16.1. The predicted molar refractivity (Wildman–Crippen MR) is 105 cm³/mol. The Morgan fingerprint density at radius 3 is 2.54 bits per heavy atom. The van der Waals surface area contributed by atoms with Gasteiger partial charge in [-0.1, -0.05) is 12.1 Å². The molecule has 1 saturated carbocycles. The lowest BCUT2D eigenvalue weighted by molar-refractivity contribution is -0.126. The Morgan fingerprint density at radius 2 is 1.82 bits per heavy atom.